The number of fused-ring (bicyclic) bond motifs is 1. The lowest BCUT2D eigenvalue weighted by Gasteiger charge is -2.11. The Balaban J connectivity index is 2.44. The molecule has 0 amide bonds. The van der Waals surface area contributed by atoms with Gasteiger partial charge in [0.2, 0.25) is 0 Å². The largest absolute Gasteiger partial charge is 0.310 e. The van der Waals surface area contributed by atoms with Gasteiger partial charge >= 0.3 is 0 Å². The third kappa shape index (κ3) is 2.22. The zero-order valence-electron chi connectivity index (χ0n) is 10.1. The fourth-order valence-electron chi connectivity index (χ4n) is 1.96. The average molecular weight is 214 g/mol. The fraction of sp³-hybridized carbons (Fsp3) is 0.357. The van der Waals surface area contributed by atoms with Crippen molar-refractivity contribution in [3.05, 3.63) is 41.7 Å². The molecule has 1 aromatic heterocycles. The molecule has 2 nitrogen and oxygen atoms in total. The quantitative estimate of drug-likeness (QED) is 0.849. The van der Waals surface area contributed by atoms with E-state index in [1.807, 2.05) is 6.20 Å². The highest BCUT2D eigenvalue weighted by Gasteiger charge is 2.04. The molecule has 0 saturated carbocycles. The van der Waals surface area contributed by atoms with Crippen molar-refractivity contribution in [2.75, 3.05) is 0 Å². The van der Waals surface area contributed by atoms with Gasteiger partial charge in [0.25, 0.3) is 0 Å². The van der Waals surface area contributed by atoms with Crippen LogP contribution in [0.25, 0.3) is 10.8 Å². The molecule has 0 spiro atoms. The first-order chi connectivity index (χ1) is 7.68. The highest BCUT2D eigenvalue weighted by Crippen LogP contribution is 2.20. The Labute approximate surface area is 96.7 Å². The third-order valence-corrected chi connectivity index (χ3v) is 2.77. The van der Waals surface area contributed by atoms with Crippen LogP contribution in [0.4, 0.5) is 0 Å². The van der Waals surface area contributed by atoms with E-state index in [1.165, 1.54) is 16.3 Å². The predicted octanol–water partition coefficient (Wildman–Crippen LogP) is 3.04. The van der Waals surface area contributed by atoms with Crippen LogP contribution in [-0.4, -0.2) is 11.0 Å². The monoisotopic (exact) mass is 214 g/mol. The number of nitrogens with zero attached hydrogens (tertiary/aromatic N) is 1. The van der Waals surface area contributed by atoms with Gasteiger partial charge < -0.3 is 5.32 Å². The number of hydrogen-bond donors (Lipinski definition) is 1. The molecule has 0 unspecified atom stereocenters. The molecular weight excluding hydrogens is 196 g/mol. The number of nitrogens with one attached hydrogen (secondary N) is 1. The molecule has 0 atom stereocenters. The van der Waals surface area contributed by atoms with Crippen LogP contribution in [0.2, 0.25) is 0 Å². The van der Waals surface area contributed by atoms with E-state index in [0.29, 0.717) is 6.04 Å². The highest BCUT2D eigenvalue weighted by atomic mass is 14.9. The molecule has 0 aliphatic heterocycles. The van der Waals surface area contributed by atoms with Crippen LogP contribution < -0.4 is 5.32 Å². The van der Waals surface area contributed by atoms with Crippen LogP contribution in [-0.2, 0) is 6.54 Å². The molecule has 2 heteroatoms. The van der Waals surface area contributed by atoms with Crippen molar-refractivity contribution < 1.29 is 0 Å². The summed E-state index contributed by atoms with van der Waals surface area (Å²) >= 11 is 0. The molecule has 1 heterocycles. The van der Waals surface area contributed by atoms with Gasteiger partial charge in [-0.3, -0.25) is 4.98 Å². The highest BCUT2D eigenvalue weighted by molar-refractivity contribution is 5.87. The maximum absolute atomic E-state index is 4.37. The first kappa shape index (κ1) is 11.1. The maximum Gasteiger partial charge on any atom is 0.0454 e. The summed E-state index contributed by atoms with van der Waals surface area (Å²) in [4.78, 5) is 4.37. The van der Waals surface area contributed by atoms with Crippen molar-refractivity contribution in [2.24, 2.45) is 0 Å². The Bertz CT molecular complexity index is 484. The smallest absolute Gasteiger partial charge is 0.0454 e. The lowest BCUT2D eigenvalue weighted by atomic mass is 10.0. The minimum absolute atomic E-state index is 0.507. The first-order valence-corrected chi connectivity index (χ1v) is 5.75. The Morgan fingerprint density at radius 1 is 1.25 bits per heavy atom. The number of benzene rings is 1. The molecule has 0 bridgehead atoms. The lowest BCUT2D eigenvalue weighted by molar-refractivity contribution is 0.590. The van der Waals surface area contributed by atoms with Crippen molar-refractivity contribution in [2.45, 2.75) is 33.4 Å². The van der Waals surface area contributed by atoms with E-state index in [2.05, 4.69) is 55.3 Å². The van der Waals surface area contributed by atoms with Gasteiger partial charge in [0.1, 0.15) is 0 Å². The van der Waals surface area contributed by atoms with Gasteiger partial charge in [-0.1, -0.05) is 32.0 Å². The van der Waals surface area contributed by atoms with E-state index in [-0.39, 0.29) is 0 Å². The summed E-state index contributed by atoms with van der Waals surface area (Å²) < 4.78 is 0. The van der Waals surface area contributed by atoms with Gasteiger partial charge in [-0.15, -0.1) is 0 Å². The maximum atomic E-state index is 4.37. The SMILES string of the molecule is Cc1nccc2cccc(CNC(C)C)c12. The van der Waals surface area contributed by atoms with Crippen molar-refractivity contribution in [1.29, 1.82) is 0 Å². The number of aryl methyl sites for hydroxylation is 1. The van der Waals surface area contributed by atoms with E-state index < -0.39 is 0 Å². The summed E-state index contributed by atoms with van der Waals surface area (Å²) in [6, 6.07) is 9.00. The molecule has 0 aliphatic carbocycles. The summed E-state index contributed by atoms with van der Waals surface area (Å²) in [5, 5.41) is 6.02. The first-order valence-electron chi connectivity index (χ1n) is 5.75. The standard InChI is InChI=1S/C14H18N2/c1-10(2)16-9-13-6-4-5-12-7-8-15-11(3)14(12)13/h4-8,10,16H,9H2,1-3H3. The summed E-state index contributed by atoms with van der Waals surface area (Å²) in [5.74, 6) is 0. The zero-order chi connectivity index (χ0) is 11.5. The molecule has 2 rings (SSSR count). The minimum Gasteiger partial charge on any atom is -0.310 e. The summed E-state index contributed by atoms with van der Waals surface area (Å²) in [5.41, 5.74) is 2.44. The summed E-state index contributed by atoms with van der Waals surface area (Å²) in [6.07, 6.45) is 1.87. The molecule has 2 aromatic rings. The van der Waals surface area contributed by atoms with Crippen LogP contribution in [0.3, 0.4) is 0 Å². The molecular formula is C14H18N2. The second kappa shape index (κ2) is 4.62. The zero-order valence-corrected chi connectivity index (χ0v) is 10.1. The van der Waals surface area contributed by atoms with Crippen molar-refractivity contribution in [3.8, 4) is 0 Å². The average Bonchev–Trinajstić information content (AvgIpc) is 2.26. The van der Waals surface area contributed by atoms with Crippen molar-refractivity contribution in [1.82, 2.24) is 10.3 Å². The molecule has 16 heavy (non-hydrogen) atoms. The van der Waals surface area contributed by atoms with E-state index >= 15 is 0 Å². The lowest BCUT2D eigenvalue weighted by Crippen LogP contribution is -2.22. The Morgan fingerprint density at radius 2 is 2.06 bits per heavy atom. The van der Waals surface area contributed by atoms with Gasteiger partial charge in [0, 0.05) is 29.9 Å². The van der Waals surface area contributed by atoms with Crippen LogP contribution in [0.5, 0.6) is 0 Å². The Kier molecular flexibility index (Phi) is 3.20. The fourth-order valence-corrected chi connectivity index (χ4v) is 1.96. The molecule has 84 valence electrons. The second-order valence-electron chi connectivity index (χ2n) is 4.45. The number of hydrogen-bond acceptors (Lipinski definition) is 2. The van der Waals surface area contributed by atoms with Gasteiger partial charge in [-0.2, -0.15) is 0 Å². The van der Waals surface area contributed by atoms with Gasteiger partial charge in [0.15, 0.2) is 0 Å². The Morgan fingerprint density at radius 3 is 2.81 bits per heavy atom. The molecule has 1 aromatic carbocycles. The van der Waals surface area contributed by atoms with Crippen molar-refractivity contribution >= 4 is 10.8 Å². The predicted molar refractivity (Wildman–Crippen MR) is 68.5 cm³/mol. The number of pyridine rings is 1. The normalized spacial score (nSPS) is 11.2. The minimum atomic E-state index is 0.507. The molecule has 0 aliphatic rings. The van der Waals surface area contributed by atoms with Crippen LogP contribution in [0, 0.1) is 6.92 Å². The summed E-state index contributed by atoms with van der Waals surface area (Å²) in [7, 11) is 0. The van der Waals surface area contributed by atoms with Gasteiger partial charge in [0.05, 0.1) is 0 Å². The third-order valence-electron chi connectivity index (χ3n) is 2.77. The van der Waals surface area contributed by atoms with E-state index in [1.54, 1.807) is 0 Å². The number of aromatic nitrogens is 1. The molecule has 1 N–H and O–H groups in total. The number of rotatable bonds is 3. The Hall–Kier alpha value is -1.41. The topological polar surface area (TPSA) is 24.9 Å². The van der Waals surface area contributed by atoms with Crippen molar-refractivity contribution in [3.63, 3.8) is 0 Å². The van der Waals surface area contributed by atoms with Gasteiger partial charge in [-0.25, -0.2) is 0 Å². The van der Waals surface area contributed by atoms with E-state index in [0.717, 1.165) is 12.2 Å². The van der Waals surface area contributed by atoms with Gasteiger partial charge in [-0.05, 0) is 23.9 Å². The van der Waals surface area contributed by atoms with E-state index in [9.17, 15) is 0 Å². The molecule has 0 fully saturated rings. The van der Waals surface area contributed by atoms with Crippen LogP contribution in [0.1, 0.15) is 25.1 Å². The second-order valence-corrected chi connectivity index (χ2v) is 4.45. The summed E-state index contributed by atoms with van der Waals surface area (Å²) in [6.45, 7) is 7.30. The van der Waals surface area contributed by atoms with E-state index in [4.69, 9.17) is 0 Å². The van der Waals surface area contributed by atoms with Crippen LogP contribution in [0.15, 0.2) is 30.5 Å². The molecule has 0 radical (unpaired) electrons. The molecule has 0 saturated heterocycles. The van der Waals surface area contributed by atoms with Crippen LogP contribution >= 0.6 is 0 Å².